The van der Waals surface area contributed by atoms with Crippen LogP contribution in [0.15, 0.2) is 16.6 Å². The Morgan fingerprint density at radius 1 is 1.53 bits per heavy atom. The van der Waals surface area contributed by atoms with Crippen LogP contribution in [0.3, 0.4) is 0 Å². The number of rotatable bonds is 3. The molecule has 1 aromatic carbocycles. The minimum Gasteiger partial charge on any atom is -0.507 e. The van der Waals surface area contributed by atoms with Crippen LogP contribution in [0.5, 0.6) is 5.75 Å². The van der Waals surface area contributed by atoms with Crippen LogP contribution in [-0.4, -0.2) is 22.7 Å². The van der Waals surface area contributed by atoms with Gasteiger partial charge in [-0.25, -0.2) is 4.79 Å². The largest absolute Gasteiger partial charge is 0.507 e. The third kappa shape index (κ3) is 2.28. The van der Waals surface area contributed by atoms with Crippen molar-refractivity contribution in [3.63, 3.8) is 0 Å². The molecule has 0 aliphatic carbocycles. The minimum atomic E-state index is -1.20. The van der Waals surface area contributed by atoms with Crippen molar-refractivity contribution in [2.75, 3.05) is 6.54 Å². The summed E-state index contributed by atoms with van der Waals surface area (Å²) in [7, 11) is 0. The molecule has 1 atom stereocenters. The van der Waals surface area contributed by atoms with Gasteiger partial charge in [-0.2, -0.15) is 0 Å². The van der Waals surface area contributed by atoms with Gasteiger partial charge in [0.15, 0.2) is 0 Å². The van der Waals surface area contributed by atoms with Crippen LogP contribution >= 0.6 is 15.9 Å². The first kappa shape index (κ1) is 12.0. The van der Waals surface area contributed by atoms with Crippen LogP contribution in [-0.2, 0) is 0 Å². The molecule has 0 fully saturated rings. The summed E-state index contributed by atoms with van der Waals surface area (Å²) >= 11 is 3.18. The van der Waals surface area contributed by atoms with Gasteiger partial charge in [0.1, 0.15) is 11.3 Å². The molecular weight excluding hydrogens is 264 g/mol. The molecule has 0 bridgehead atoms. The normalized spacial score (nSPS) is 12.5. The molecule has 0 saturated carbocycles. The van der Waals surface area contributed by atoms with Crippen LogP contribution in [0.4, 0.5) is 0 Å². The van der Waals surface area contributed by atoms with Crippen molar-refractivity contribution in [3.8, 4) is 5.75 Å². The molecule has 0 aliphatic rings. The van der Waals surface area contributed by atoms with Gasteiger partial charge in [-0.1, -0.05) is 15.9 Å². The molecular formula is C9H11BrN2O3. The predicted octanol–water partition coefficient (Wildman–Crippen LogP) is 0.811. The third-order valence-corrected chi connectivity index (χ3v) is 2.71. The van der Waals surface area contributed by atoms with E-state index < -0.39 is 12.0 Å². The highest BCUT2D eigenvalue weighted by atomic mass is 79.9. The second kappa shape index (κ2) is 4.61. The number of aromatic carboxylic acids is 1. The fraction of sp³-hybridized carbons (Fsp3) is 0.222. The smallest absolute Gasteiger partial charge is 0.339 e. The van der Waals surface area contributed by atoms with Gasteiger partial charge >= 0.3 is 5.97 Å². The first-order valence-corrected chi connectivity index (χ1v) is 4.98. The highest BCUT2D eigenvalue weighted by molar-refractivity contribution is 9.10. The Morgan fingerprint density at radius 2 is 2.13 bits per heavy atom. The molecule has 6 heteroatoms. The number of carboxylic acids is 1. The van der Waals surface area contributed by atoms with Crippen LogP contribution in [0.25, 0.3) is 0 Å². The van der Waals surface area contributed by atoms with E-state index in [1.165, 1.54) is 12.1 Å². The van der Waals surface area contributed by atoms with Gasteiger partial charge in [-0.3, -0.25) is 0 Å². The summed E-state index contributed by atoms with van der Waals surface area (Å²) in [5.74, 6) is -1.54. The molecule has 0 spiro atoms. The summed E-state index contributed by atoms with van der Waals surface area (Å²) in [5.41, 5.74) is 11.2. The van der Waals surface area contributed by atoms with E-state index in [1.54, 1.807) is 0 Å². The van der Waals surface area contributed by atoms with Gasteiger partial charge in [0.05, 0.1) is 0 Å². The average Bonchev–Trinajstić information content (AvgIpc) is 2.16. The van der Waals surface area contributed by atoms with Gasteiger partial charge < -0.3 is 21.7 Å². The average molecular weight is 275 g/mol. The van der Waals surface area contributed by atoms with Crippen molar-refractivity contribution in [2.45, 2.75) is 6.04 Å². The van der Waals surface area contributed by atoms with E-state index in [2.05, 4.69) is 15.9 Å². The molecule has 0 amide bonds. The maximum absolute atomic E-state index is 10.7. The molecule has 0 heterocycles. The Morgan fingerprint density at radius 3 is 2.60 bits per heavy atom. The highest BCUT2D eigenvalue weighted by Gasteiger charge is 2.19. The molecule has 5 nitrogen and oxygen atoms in total. The molecule has 0 aromatic heterocycles. The zero-order valence-electron chi connectivity index (χ0n) is 7.77. The quantitative estimate of drug-likeness (QED) is 0.652. The standard InChI is InChI=1S/C9H11BrN2O3/c10-5-2-1-4(9(14)15)8(13)7(5)6(12)3-11/h1-2,6,13H,3,11-12H2,(H,14,15)/t6-/m1/s1. The van der Waals surface area contributed by atoms with E-state index in [9.17, 15) is 9.90 Å². The van der Waals surface area contributed by atoms with Crippen molar-refractivity contribution in [3.05, 3.63) is 27.7 Å². The first-order valence-electron chi connectivity index (χ1n) is 4.19. The van der Waals surface area contributed by atoms with Crippen LogP contribution in [0.1, 0.15) is 22.0 Å². The Labute approximate surface area is 94.8 Å². The van der Waals surface area contributed by atoms with Crippen molar-refractivity contribution in [1.29, 1.82) is 0 Å². The molecule has 0 saturated heterocycles. The predicted molar refractivity (Wildman–Crippen MR) is 58.7 cm³/mol. The van der Waals surface area contributed by atoms with E-state index in [-0.39, 0.29) is 17.9 Å². The van der Waals surface area contributed by atoms with Crippen LogP contribution in [0, 0.1) is 0 Å². The number of carbonyl (C=O) groups is 1. The zero-order valence-corrected chi connectivity index (χ0v) is 9.36. The lowest BCUT2D eigenvalue weighted by Gasteiger charge is -2.14. The van der Waals surface area contributed by atoms with E-state index in [1.807, 2.05) is 0 Å². The lowest BCUT2D eigenvalue weighted by molar-refractivity contribution is 0.0693. The number of phenols is 1. The fourth-order valence-electron chi connectivity index (χ4n) is 1.23. The number of aromatic hydroxyl groups is 1. The summed E-state index contributed by atoms with van der Waals surface area (Å²) in [6.45, 7) is 0.120. The number of halogens is 1. The lowest BCUT2D eigenvalue weighted by Crippen LogP contribution is -2.21. The van der Waals surface area contributed by atoms with Crippen molar-refractivity contribution in [1.82, 2.24) is 0 Å². The van der Waals surface area contributed by atoms with Gasteiger partial charge in [0.2, 0.25) is 0 Å². The van der Waals surface area contributed by atoms with Crippen molar-refractivity contribution < 1.29 is 15.0 Å². The maximum Gasteiger partial charge on any atom is 0.339 e. The van der Waals surface area contributed by atoms with E-state index in [4.69, 9.17) is 16.6 Å². The van der Waals surface area contributed by atoms with Gasteiger partial charge in [-0.15, -0.1) is 0 Å². The Bertz CT molecular complexity index is 395. The monoisotopic (exact) mass is 274 g/mol. The Kier molecular flexibility index (Phi) is 3.67. The topological polar surface area (TPSA) is 110 Å². The molecule has 1 aromatic rings. The fourth-order valence-corrected chi connectivity index (χ4v) is 1.84. The van der Waals surface area contributed by atoms with Crippen molar-refractivity contribution in [2.24, 2.45) is 11.5 Å². The highest BCUT2D eigenvalue weighted by Crippen LogP contribution is 2.33. The second-order valence-electron chi connectivity index (χ2n) is 3.00. The number of hydrogen-bond acceptors (Lipinski definition) is 4. The molecule has 0 aliphatic heterocycles. The molecule has 1 rings (SSSR count). The number of carboxylic acid groups (broad SMARTS) is 1. The maximum atomic E-state index is 10.7. The number of hydrogen-bond donors (Lipinski definition) is 4. The van der Waals surface area contributed by atoms with E-state index >= 15 is 0 Å². The molecule has 15 heavy (non-hydrogen) atoms. The molecule has 82 valence electrons. The summed E-state index contributed by atoms with van der Waals surface area (Å²) < 4.78 is 0.544. The SMILES string of the molecule is NC[C@@H](N)c1c(Br)ccc(C(=O)O)c1O. The number of benzene rings is 1. The number of nitrogens with two attached hydrogens (primary N) is 2. The molecule has 0 unspecified atom stereocenters. The summed E-state index contributed by atoms with van der Waals surface area (Å²) in [6, 6.07) is 2.22. The van der Waals surface area contributed by atoms with E-state index in [0.29, 0.717) is 10.0 Å². The van der Waals surface area contributed by atoms with Crippen LogP contribution < -0.4 is 11.5 Å². The Hall–Kier alpha value is -1.11. The second-order valence-corrected chi connectivity index (χ2v) is 3.86. The summed E-state index contributed by atoms with van der Waals surface area (Å²) in [4.78, 5) is 10.7. The van der Waals surface area contributed by atoms with Crippen molar-refractivity contribution >= 4 is 21.9 Å². The Balaban J connectivity index is 3.36. The van der Waals surface area contributed by atoms with Crippen LogP contribution in [0.2, 0.25) is 0 Å². The van der Waals surface area contributed by atoms with E-state index in [0.717, 1.165) is 0 Å². The van der Waals surface area contributed by atoms with Gasteiger partial charge in [0, 0.05) is 22.6 Å². The minimum absolute atomic E-state index is 0.120. The first-order chi connectivity index (χ1) is 6.99. The zero-order chi connectivity index (χ0) is 11.6. The summed E-state index contributed by atoms with van der Waals surface area (Å²) in [6.07, 6.45) is 0. The third-order valence-electron chi connectivity index (χ3n) is 2.02. The van der Waals surface area contributed by atoms with Gasteiger partial charge in [-0.05, 0) is 12.1 Å². The lowest BCUT2D eigenvalue weighted by atomic mass is 10.0. The molecule has 6 N–H and O–H groups in total. The molecule has 0 radical (unpaired) electrons. The van der Waals surface area contributed by atoms with Gasteiger partial charge in [0.25, 0.3) is 0 Å². The summed E-state index contributed by atoms with van der Waals surface area (Å²) in [5, 5.41) is 18.5.